The summed E-state index contributed by atoms with van der Waals surface area (Å²) in [6.45, 7) is 3.68. The van der Waals surface area contributed by atoms with Crippen LogP contribution in [0, 0.1) is 11.8 Å². The standard InChI is InChI=1S/C32H34N2O9/c1-5-6-20(35)14-7-10-22(43-4)17(11-14)16-8-9-21(36)24-18(16)12-15-13-19-26(34(2)3)28(38)25(31(33)41)30(40)32(19,42)29(39)23(15)27(24)37/h5,7-11,15,19-20,26,35-37,40,42H,1,6,12-13H2,2-4H3,(H2,33,41)/t15-,19-,20?,26-,32-/m1/s1. The first-order valence-electron chi connectivity index (χ1n) is 13.8. The number of phenolic OH excluding ortho intramolecular Hbond substituents is 1. The minimum atomic E-state index is -2.71. The lowest BCUT2D eigenvalue weighted by Gasteiger charge is -2.50. The van der Waals surface area contributed by atoms with Crippen molar-refractivity contribution in [1.82, 2.24) is 4.90 Å². The van der Waals surface area contributed by atoms with Crippen LogP contribution in [-0.4, -0.2) is 80.8 Å². The summed E-state index contributed by atoms with van der Waals surface area (Å²) in [5.74, 6) is -6.69. The van der Waals surface area contributed by atoms with Crippen LogP contribution in [0.3, 0.4) is 0 Å². The highest BCUT2D eigenvalue weighted by Crippen LogP contribution is 2.54. The van der Waals surface area contributed by atoms with Crippen LogP contribution in [0.5, 0.6) is 11.5 Å². The van der Waals surface area contributed by atoms with E-state index in [4.69, 9.17) is 10.5 Å². The number of nitrogens with two attached hydrogens (primary N) is 1. The Hall–Kier alpha value is -4.45. The molecule has 3 aliphatic carbocycles. The fourth-order valence-electron chi connectivity index (χ4n) is 6.93. The number of carbonyl (C=O) groups excluding carboxylic acids is 3. The van der Waals surface area contributed by atoms with Gasteiger partial charge in [0.1, 0.15) is 28.6 Å². The maximum atomic E-state index is 14.1. The topological polar surface area (TPSA) is 191 Å². The van der Waals surface area contributed by atoms with Crippen LogP contribution < -0.4 is 10.5 Å². The molecule has 11 heteroatoms. The summed E-state index contributed by atoms with van der Waals surface area (Å²) in [5, 5.41) is 55.9. The van der Waals surface area contributed by atoms with E-state index in [9.17, 15) is 39.9 Å². The molecule has 226 valence electrons. The number of hydrogen-bond acceptors (Lipinski definition) is 10. The number of fused-ring (bicyclic) bond motifs is 3. The molecule has 5 rings (SSSR count). The first-order valence-corrected chi connectivity index (χ1v) is 13.8. The van der Waals surface area contributed by atoms with E-state index in [1.807, 2.05) is 0 Å². The SMILES string of the molecule is C=CCC(O)c1ccc(OC)c(-c2ccc(O)c3c2C[C@@H]2C[C@@H]4[C@@H](N(C)C)C(=O)C(C(N)=O)=C(O)[C@]4(O)C(=O)C2=C3O)c1. The van der Waals surface area contributed by atoms with Crippen molar-refractivity contribution >= 4 is 23.2 Å². The zero-order chi connectivity index (χ0) is 31.5. The number of primary amides is 1. The predicted octanol–water partition coefficient (Wildman–Crippen LogP) is 2.25. The van der Waals surface area contributed by atoms with E-state index in [0.717, 1.165) is 0 Å². The Morgan fingerprint density at radius 2 is 1.88 bits per heavy atom. The molecule has 43 heavy (non-hydrogen) atoms. The van der Waals surface area contributed by atoms with Crippen molar-refractivity contribution in [2.45, 2.75) is 37.0 Å². The number of carbonyl (C=O) groups is 3. The minimum Gasteiger partial charge on any atom is -0.508 e. The Kier molecular flexibility index (Phi) is 7.45. The van der Waals surface area contributed by atoms with Crippen LogP contribution in [0.4, 0.5) is 0 Å². The second-order valence-electron chi connectivity index (χ2n) is 11.4. The van der Waals surface area contributed by atoms with E-state index in [1.54, 1.807) is 44.4 Å². The summed E-state index contributed by atoms with van der Waals surface area (Å²) in [7, 11) is 4.58. The van der Waals surface area contributed by atoms with Gasteiger partial charge in [0.2, 0.25) is 5.78 Å². The van der Waals surface area contributed by atoms with Gasteiger partial charge in [-0.15, -0.1) is 6.58 Å². The Morgan fingerprint density at radius 3 is 2.49 bits per heavy atom. The molecule has 1 amide bonds. The number of ketones is 2. The number of rotatable bonds is 7. The molecule has 0 spiro atoms. The number of phenols is 1. The predicted molar refractivity (Wildman–Crippen MR) is 156 cm³/mol. The first-order chi connectivity index (χ1) is 20.3. The highest BCUT2D eigenvalue weighted by molar-refractivity contribution is 6.24. The smallest absolute Gasteiger partial charge is 0.255 e. The van der Waals surface area contributed by atoms with E-state index in [1.165, 1.54) is 18.1 Å². The number of aliphatic hydroxyl groups excluding tert-OH is 3. The summed E-state index contributed by atoms with van der Waals surface area (Å²) in [6, 6.07) is 6.99. The lowest BCUT2D eigenvalue weighted by Crippen LogP contribution is -2.65. The van der Waals surface area contributed by atoms with Crippen molar-refractivity contribution in [3.05, 3.63) is 76.6 Å². The third-order valence-corrected chi connectivity index (χ3v) is 8.89. The molecule has 1 saturated carbocycles. The molecule has 0 aliphatic heterocycles. The average molecular weight is 591 g/mol. The van der Waals surface area contributed by atoms with Crippen molar-refractivity contribution in [3.63, 3.8) is 0 Å². The van der Waals surface area contributed by atoms with Gasteiger partial charge in [0.15, 0.2) is 11.4 Å². The molecule has 7 N–H and O–H groups in total. The van der Waals surface area contributed by atoms with Crippen LogP contribution in [0.2, 0.25) is 0 Å². The summed E-state index contributed by atoms with van der Waals surface area (Å²) >= 11 is 0. The van der Waals surface area contributed by atoms with Gasteiger partial charge in [-0.05, 0) is 74.2 Å². The van der Waals surface area contributed by atoms with Crippen molar-refractivity contribution in [2.24, 2.45) is 17.6 Å². The largest absolute Gasteiger partial charge is 0.508 e. The molecule has 1 unspecified atom stereocenters. The lowest BCUT2D eigenvalue weighted by molar-refractivity contribution is -0.153. The molecule has 3 aliphatic rings. The first kappa shape index (κ1) is 30.0. The summed E-state index contributed by atoms with van der Waals surface area (Å²) in [6.07, 6.45) is 1.16. The number of Topliss-reactive ketones (excluding diaryl/α,β-unsaturated/α-hetero) is 2. The molecule has 5 atom stereocenters. The van der Waals surface area contributed by atoms with Gasteiger partial charge in [-0.2, -0.15) is 0 Å². The van der Waals surface area contributed by atoms with Gasteiger partial charge in [0.25, 0.3) is 5.91 Å². The van der Waals surface area contributed by atoms with Crippen molar-refractivity contribution in [1.29, 1.82) is 0 Å². The molecule has 1 fully saturated rings. The number of likely N-dealkylation sites (N-methyl/N-ethyl adjacent to an activating group) is 1. The zero-order valence-corrected chi connectivity index (χ0v) is 24.0. The molecule has 0 bridgehead atoms. The fourth-order valence-corrected chi connectivity index (χ4v) is 6.93. The Labute approximate surface area is 247 Å². The molecule has 0 radical (unpaired) electrons. The van der Waals surface area contributed by atoms with E-state index < -0.39 is 64.1 Å². The Morgan fingerprint density at radius 1 is 1.19 bits per heavy atom. The van der Waals surface area contributed by atoms with E-state index >= 15 is 0 Å². The number of aliphatic hydroxyl groups is 4. The number of benzene rings is 2. The monoisotopic (exact) mass is 590 g/mol. The van der Waals surface area contributed by atoms with Crippen LogP contribution >= 0.6 is 0 Å². The molecular formula is C32H34N2O9. The Bertz CT molecular complexity index is 1640. The third kappa shape index (κ3) is 4.34. The van der Waals surface area contributed by atoms with Crippen molar-refractivity contribution < 1.29 is 44.7 Å². The third-order valence-electron chi connectivity index (χ3n) is 8.89. The highest BCUT2D eigenvalue weighted by Gasteiger charge is 2.64. The quantitative estimate of drug-likeness (QED) is 0.206. The summed E-state index contributed by atoms with van der Waals surface area (Å²) in [5.41, 5.74) is 3.75. The molecule has 2 aromatic carbocycles. The average Bonchev–Trinajstić information content (AvgIpc) is 2.94. The molecule has 0 saturated heterocycles. The van der Waals surface area contributed by atoms with Crippen LogP contribution in [0.1, 0.15) is 35.6 Å². The van der Waals surface area contributed by atoms with Gasteiger partial charge in [0, 0.05) is 17.1 Å². The second kappa shape index (κ2) is 10.7. The summed E-state index contributed by atoms with van der Waals surface area (Å²) < 4.78 is 5.60. The van der Waals surface area contributed by atoms with E-state index in [0.29, 0.717) is 34.4 Å². The van der Waals surface area contributed by atoms with Gasteiger partial charge in [0.05, 0.1) is 24.8 Å². The van der Waals surface area contributed by atoms with Crippen LogP contribution in [0.25, 0.3) is 16.9 Å². The fraction of sp³-hybridized carbons (Fsp3) is 0.344. The second-order valence-corrected chi connectivity index (χ2v) is 11.4. The number of aromatic hydroxyl groups is 1. The van der Waals surface area contributed by atoms with Gasteiger partial charge < -0.3 is 36.0 Å². The Balaban J connectivity index is 1.73. The van der Waals surface area contributed by atoms with Crippen molar-refractivity contribution in [2.75, 3.05) is 21.2 Å². The minimum absolute atomic E-state index is 0.0317. The molecule has 0 heterocycles. The van der Waals surface area contributed by atoms with Gasteiger partial charge in [-0.1, -0.05) is 18.2 Å². The molecule has 0 aromatic heterocycles. The zero-order valence-electron chi connectivity index (χ0n) is 24.0. The lowest BCUT2D eigenvalue weighted by atomic mass is 9.57. The van der Waals surface area contributed by atoms with Gasteiger partial charge in [-0.3, -0.25) is 19.3 Å². The van der Waals surface area contributed by atoms with Crippen LogP contribution in [0.15, 0.2) is 59.9 Å². The number of amides is 1. The number of hydrogen-bond donors (Lipinski definition) is 6. The highest BCUT2D eigenvalue weighted by atomic mass is 16.5. The number of ether oxygens (including phenoxy) is 1. The molecule has 11 nitrogen and oxygen atoms in total. The van der Waals surface area contributed by atoms with Gasteiger partial charge in [-0.25, -0.2) is 0 Å². The van der Waals surface area contributed by atoms with E-state index in [2.05, 4.69) is 6.58 Å². The number of methoxy groups -OCH3 is 1. The van der Waals surface area contributed by atoms with Crippen LogP contribution in [-0.2, 0) is 20.8 Å². The maximum absolute atomic E-state index is 14.1. The molecule has 2 aromatic rings. The van der Waals surface area contributed by atoms with E-state index in [-0.39, 0.29) is 29.7 Å². The van der Waals surface area contributed by atoms with Gasteiger partial charge >= 0.3 is 0 Å². The van der Waals surface area contributed by atoms with Crippen molar-refractivity contribution in [3.8, 4) is 22.6 Å². The number of nitrogens with zero attached hydrogens (tertiary/aromatic N) is 1. The summed E-state index contributed by atoms with van der Waals surface area (Å²) in [4.78, 5) is 41.0. The maximum Gasteiger partial charge on any atom is 0.255 e. The normalized spacial score (nSPS) is 25.7. The molecular weight excluding hydrogens is 556 g/mol.